The smallest absolute Gasteiger partial charge is 0.306 e. The van der Waals surface area contributed by atoms with Crippen molar-refractivity contribution in [3.05, 3.63) is 36.1 Å². The molecule has 6 aliphatic carbocycles. The molecule has 76 heavy (non-hydrogen) atoms. The fraction of sp³-hybridized carbons (Fsp3) is 0.814. The van der Waals surface area contributed by atoms with Crippen molar-refractivity contribution in [2.75, 3.05) is 45.7 Å². The molecule has 424 valence electrons. The van der Waals surface area contributed by atoms with Crippen LogP contribution in [0.1, 0.15) is 141 Å². The lowest BCUT2D eigenvalue weighted by Crippen LogP contribution is -2.86. The molecule has 1 aromatic heterocycles. The number of esters is 1. The molecule has 0 radical (unpaired) electrons. The average molecular weight is 1100 g/mol. The minimum atomic E-state index is -2.49. The summed E-state index contributed by atoms with van der Waals surface area (Å²) in [7, 11) is 5.53. The van der Waals surface area contributed by atoms with Crippen LogP contribution in [-0.4, -0.2) is 145 Å². The third-order valence-electron chi connectivity index (χ3n) is 21.4. The SMILES string of the molecule is CCOC(=O)CCc1cc2ccoc2c2c1OC1OC3(CSSC4(CCC5(CCC(CNC)C5)C4C4CCC5CCCCC5(O)C4)C(CCC(C)CCCC3O)NCCO2)C2(O)CC3C=CC(O)C(CO)C3C1(O)C2O. The first-order valence-electron chi connectivity index (χ1n) is 29.4. The van der Waals surface area contributed by atoms with Crippen LogP contribution in [0, 0.1) is 52.8 Å². The van der Waals surface area contributed by atoms with Crippen LogP contribution in [0.4, 0.5) is 0 Å². The zero-order valence-corrected chi connectivity index (χ0v) is 46.8. The van der Waals surface area contributed by atoms with E-state index in [1.807, 2.05) is 22.9 Å². The molecule has 9 N–H and O–H groups in total. The van der Waals surface area contributed by atoms with Crippen molar-refractivity contribution in [3.63, 3.8) is 0 Å². The monoisotopic (exact) mass is 1100 g/mol. The van der Waals surface area contributed by atoms with Crippen LogP contribution in [0.25, 0.3) is 11.0 Å². The minimum Gasteiger partial charge on any atom is -0.485 e. The van der Waals surface area contributed by atoms with Crippen LogP contribution in [0.3, 0.4) is 0 Å². The predicted octanol–water partition coefficient (Wildman–Crippen LogP) is 6.97. The Morgan fingerprint density at radius 1 is 0.934 bits per heavy atom. The lowest BCUT2D eigenvalue weighted by molar-refractivity contribution is -0.424. The van der Waals surface area contributed by atoms with Crippen molar-refractivity contribution in [1.82, 2.24) is 10.6 Å². The van der Waals surface area contributed by atoms with E-state index in [9.17, 15) is 40.5 Å². The van der Waals surface area contributed by atoms with Crippen LogP contribution in [0.5, 0.6) is 11.5 Å². The summed E-state index contributed by atoms with van der Waals surface area (Å²) in [5.41, 5.74) is -6.47. The van der Waals surface area contributed by atoms with Crippen molar-refractivity contribution in [1.29, 1.82) is 0 Å². The maximum absolute atomic E-state index is 13.8. The largest absolute Gasteiger partial charge is 0.485 e. The number of nitrogens with one attached hydrogen (secondary N) is 2. The minimum absolute atomic E-state index is 0.00737. The second kappa shape index (κ2) is 22.0. The second-order valence-corrected chi connectivity index (χ2v) is 28.2. The molecule has 17 heteroatoms. The number of fused-ring (bicyclic) bond motifs is 12. The number of carbonyl (C=O) groups is 1. The van der Waals surface area contributed by atoms with Crippen LogP contribution in [-0.2, 0) is 20.7 Å². The van der Waals surface area contributed by atoms with Gasteiger partial charge < -0.3 is 69.7 Å². The van der Waals surface area contributed by atoms with Gasteiger partial charge in [-0.15, -0.1) is 0 Å². The highest BCUT2D eigenvalue weighted by molar-refractivity contribution is 8.77. The number of aliphatic hydroxyl groups is 7. The molecule has 15 nitrogen and oxygen atoms in total. The van der Waals surface area contributed by atoms with Gasteiger partial charge in [0.2, 0.25) is 12.0 Å². The molecule has 5 saturated carbocycles. The van der Waals surface area contributed by atoms with Gasteiger partial charge in [0, 0.05) is 53.3 Å². The van der Waals surface area contributed by atoms with Gasteiger partial charge in [0.05, 0.1) is 30.7 Å². The van der Waals surface area contributed by atoms with E-state index >= 15 is 0 Å². The first-order valence-corrected chi connectivity index (χ1v) is 31.8. The van der Waals surface area contributed by atoms with Gasteiger partial charge in [-0.1, -0.05) is 66.3 Å². The molecule has 19 unspecified atom stereocenters. The Hall–Kier alpha value is -2.13. The Morgan fingerprint density at radius 2 is 1.79 bits per heavy atom. The number of furan rings is 1. The molecule has 7 fully saturated rings. The number of carbonyl (C=O) groups excluding carboxylic acids is 1. The van der Waals surface area contributed by atoms with Gasteiger partial charge >= 0.3 is 5.97 Å². The molecule has 1 aromatic carbocycles. The first-order chi connectivity index (χ1) is 36.6. The maximum Gasteiger partial charge on any atom is 0.306 e. The van der Waals surface area contributed by atoms with Gasteiger partial charge in [-0.05, 0) is 175 Å². The number of hydrogen-bond acceptors (Lipinski definition) is 17. The fourth-order valence-electron chi connectivity index (χ4n) is 18.0. The van der Waals surface area contributed by atoms with E-state index in [2.05, 4.69) is 24.6 Å². The van der Waals surface area contributed by atoms with Crippen LogP contribution in [0.2, 0.25) is 0 Å². The van der Waals surface area contributed by atoms with Gasteiger partial charge in [-0.25, -0.2) is 0 Å². The summed E-state index contributed by atoms with van der Waals surface area (Å²) in [5, 5.41) is 97.7. The summed E-state index contributed by atoms with van der Waals surface area (Å²) in [6, 6.07) is 3.67. The van der Waals surface area contributed by atoms with Crippen molar-refractivity contribution in [2.24, 2.45) is 52.8 Å². The number of ether oxygens (including phenoxy) is 4. The summed E-state index contributed by atoms with van der Waals surface area (Å²) in [5.74, 6) is -1.17. The maximum atomic E-state index is 13.8. The highest BCUT2D eigenvalue weighted by Gasteiger charge is 2.78. The average Bonchev–Trinajstić information content (AvgIpc) is 4.25. The standard InChI is InChI=1S/C59H88N2O13S2/c1-4-70-46(65)18-14-37-28-38-20-26-71-48(38)50-49(37)73-53-59(69)47-39(13-16-43(63)42(47)33-62)31-57(68,52(59)66)58(74-53)34-75-76-56(44(61-25-27-72-50)17-11-35(2)8-7-10-45(58)64)24-23-54(22-19-36(29-54)32-60-3)51(56)40-12-15-41-9-5-6-21-55(41,67)30-40/h13,16,20,26,28,35-36,39-45,47,51-53,60-64,66-69H,4-12,14-15,17-19,21-25,27,29-34H2,1-3H3. The summed E-state index contributed by atoms with van der Waals surface area (Å²) in [4.78, 5) is 13.1. The molecule has 5 bridgehead atoms. The summed E-state index contributed by atoms with van der Waals surface area (Å²) >= 11 is 0. The van der Waals surface area contributed by atoms with E-state index in [0.29, 0.717) is 47.3 Å². The number of hydrogen-bond donors (Lipinski definition) is 9. The quantitative estimate of drug-likeness (QED) is 0.0738. The second-order valence-electron chi connectivity index (χ2n) is 25.5. The number of benzene rings is 1. The van der Waals surface area contributed by atoms with Gasteiger partial charge in [0.25, 0.3) is 0 Å². The van der Waals surface area contributed by atoms with Crippen LogP contribution in [0.15, 0.2) is 35.0 Å². The predicted molar refractivity (Wildman–Crippen MR) is 292 cm³/mol. The van der Waals surface area contributed by atoms with Gasteiger partial charge in [0.1, 0.15) is 23.9 Å². The summed E-state index contributed by atoms with van der Waals surface area (Å²) in [6.07, 6.45) is 14.5. The topological polar surface area (TPSA) is 233 Å². The van der Waals surface area contributed by atoms with E-state index in [1.165, 1.54) is 6.42 Å². The molecule has 3 aliphatic heterocycles. The summed E-state index contributed by atoms with van der Waals surface area (Å²) in [6.45, 7) is 5.33. The molecule has 2 saturated heterocycles. The van der Waals surface area contributed by atoms with Crippen molar-refractivity contribution in [2.45, 2.75) is 200 Å². The van der Waals surface area contributed by atoms with Crippen molar-refractivity contribution in [3.8, 4) is 11.5 Å². The van der Waals surface area contributed by atoms with Crippen LogP contribution >= 0.6 is 21.6 Å². The molecular formula is C59H88N2O13S2. The Kier molecular flexibility index (Phi) is 16.1. The third kappa shape index (κ3) is 9.31. The number of aliphatic hydroxyl groups excluding tert-OH is 4. The number of rotatable bonds is 8. The van der Waals surface area contributed by atoms with Crippen molar-refractivity contribution >= 4 is 38.5 Å². The van der Waals surface area contributed by atoms with E-state index in [4.69, 9.17) is 23.4 Å². The van der Waals surface area contributed by atoms with Gasteiger partial charge in [-0.3, -0.25) is 4.79 Å². The highest BCUT2D eigenvalue weighted by Crippen LogP contribution is 2.71. The normalized spacial score (nSPS) is 45.7. The Balaban J connectivity index is 1.10. The van der Waals surface area contributed by atoms with Crippen LogP contribution < -0.4 is 20.1 Å². The first kappa shape index (κ1) is 55.8. The molecule has 11 rings (SSSR count). The Morgan fingerprint density at radius 3 is 2.61 bits per heavy atom. The highest BCUT2D eigenvalue weighted by atomic mass is 33.1. The van der Waals surface area contributed by atoms with E-state index in [1.54, 1.807) is 36.1 Å². The van der Waals surface area contributed by atoms with Gasteiger partial charge in [-0.2, -0.15) is 0 Å². The zero-order valence-electron chi connectivity index (χ0n) is 45.2. The number of allylic oxidation sites excluding steroid dienone is 1. The number of aryl methyl sites for hydroxylation is 1. The Bertz CT molecular complexity index is 2410. The molecule has 2 aromatic rings. The molecule has 0 amide bonds. The lowest BCUT2D eigenvalue weighted by Gasteiger charge is -2.67. The van der Waals surface area contributed by atoms with E-state index in [-0.39, 0.29) is 84.2 Å². The lowest BCUT2D eigenvalue weighted by atomic mass is 9.50. The fourth-order valence-corrected chi connectivity index (χ4v) is 22.2. The molecular weight excluding hydrogens is 1010 g/mol. The molecule has 9 aliphatic rings. The summed E-state index contributed by atoms with van der Waals surface area (Å²) < 4.78 is 32.7. The molecule has 3 spiro atoms. The molecule has 19 atom stereocenters. The Labute approximate surface area is 457 Å². The zero-order chi connectivity index (χ0) is 53.3. The third-order valence-corrected chi connectivity index (χ3v) is 24.8. The van der Waals surface area contributed by atoms with E-state index < -0.39 is 77.3 Å². The molecule has 4 heterocycles. The van der Waals surface area contributed by atoms with E-state index in [0.717, 1.165) is 96.4 Å². The van der Waals surface area contributed by atoms with Crippen molar-refractivity contribution < 1.29 is 63.9 Å². The van der Waals surface area contributed by atoms with Gasteiger partial charge in [0.15, 0.2) is 16.9 Å².